The number of hydrogen-bond acceptors (Lipinski definition) is 6. The molecule has 33 heavy (non-hydrogen) atoms. The van der Waals surface area contributed by atoms with Crippen molar-refractivity contribution < 1.29 is 14.9 Å². The molecular weight excluding hydrogens is 426 g/mol. The summed E-state index contributed by atoms with van der Waals surface area (Å²) in [6.07, 6.45) is 2.62. The summed E-state index contributed by atoms with van der Waals surface area (Å²) in [7, 11) is 0. The van der Waals surface area contributed by atoms with Crippen LogP contribution in [0.5, 0.6) is 0 Å². The molecule has 2 saturated heterocycles. The third kappa shape index (κ3) is 5.31. The van der Waals surface area contributed by atoms with E-state index in [1.807, 2.05) is 6.07 Å². The predicted molar refractivity (Wildman–Crippen MR) is 125 cm³/mol. The lowest BCUT2D eigenvalue weighted by Crippen LogP contribution is -2.39. The van der Waals surface area contributed by atoms with Crippen LogP contribution in [0.1, 0.15) is 13.4 Å². The van der Waals surface area contributed by atoms with E-state index in [0.717, 1.165) is 63.3 Å². The summed E-state index contributed by atoms with van der Waals surface area (Å²) >= 11 is 0. The molecule has 0 saturated carbocycles. The maximum absolute atomic E-state index is 13.5. The second-order valence-electron chi connectivity index (χ2n) is 8.84. The van der Waals surface area contributed by atoms with Gasteiger partial charge in [0, 0.05) is 51.6 Å². The molecule has 7 nitrogen and oxygen atoms in total. The van der Waals surface area contributed by atoms with Crippen LogP contribution in [-0.2, 0) is 4.74 Å². The SMILES string of the molecule is Cc1cc(Nc2ncn(-c3cc(F)cc(F)c3)n2)cc(N2CCC(CN3CCOCC3)C2)c1.[HH]. The molecule has 2 fully saturated rings. The van der Waals surface area contributed by atoms with Crippen LogP contribution in [0.25, 0.3) is 5.69 Å². The Kier molecular flexibility index (Phi) is 6.24. The van der Waals surface area contributed by atoms with Gasteiger partial charge in [-0.1, -0.05) is 0 Å². The van der Waals surface area contributed by atoms with E-state index in [2.05, 4.69) is 44.3 Å². The Balaban J connectivity index is 0.00000274. The molecule has 3 heterocycles. The Morgan fingerprint density at radius 3 is 2.61 bits per heavy atom. The van der Waals surface area contributed by atoms with E-state index in [0.29, 0.717) is 11.9 Å². The Bertz CT molecular complexity index is 1100. The molecule has 0 spiro atoms. The quantitative estimate of drug-likeness (QED) is 0.605. The first-order valence-electron chi connectivity index (χ1n) is 11.3. The number of nitrogens with zero attached hydrogens (tertiary/aromatic N) is 5. The van der Waals surface area contributed by atoms with Crippen molar-refractivity contribution in [2.75, 3.05) is 56.2 Å². The standard InChI is InChI=1S/C24H28F2N6O.H2/c1-17-8-21(28-24-27-16-32(29-24)23-11-19(25)10-20(26)12-23)13-22(9-17)31-3-2-18(15-31)14-30-4-6-33-7-5-30;/h8-13,16,18H,2-7,14-15H2,1H3,(H,28,29);1H. The molecule has 0 radical (unpaired) electrons. The number of hydrogen-bond donors (Lipinski definition) is 1. The molecular formula is C24H30F2N6O. The van der Waals surface area contributed by atoms with E-state index in [9.17, 15) is 8.78 Å². The molecule has 2 aliphatic rings. The molecule has 0 bridgehead atoms. The van der Waals surface area contributed by atoms with Crippen molar-refractivity contribution in [3.05, 3.63) is 59.9 Å². The lowest BCUT2D eigenvalue weighted by molar-refractivity contribution is 0.0320. The first-order valence-corrected chi connectivity index (χ1v) is 11.3. The summed E-state index contributed by atoms with van der Waals surface area (Å²) in [6, 6.07) is 9.60. The van der Waals surface area contributed by atoms with Crippen LogP contribution in [0.4, 0.5) is 26.1 Å². The summed E-state index contributed by atoms with van der Waals surface area (Å²) in [5, 5.41) is 7.55. The van der Waals surface area contributed by atoms with E-state index in [-0.39, 0.29) is 7.11 Å². The normalized spacial score (nSPS) is 19.2. The topological polar surface area (TPSA) is 58.5 Å². The predicted octanol–water partition coefficient (Wildman–Crippen LogP) is 4.00. The van der Waals surface area contributed by atoms with Crippen molar-refractivity contribution in [2.24, 2.45) is 5.92 Å². The number of ether oxygens (including phenoxy) is 1. The summed E-state index contributed by atoms with van der Waals surface area (Å²) in [5.41, 5.74) is 3.47. The smallest absolute Gasteiger partial charge is 0.246 e. The van der Waals surface area contributed by atoms with E-state index in [1.54, 1.807) is 0 Å². The number of halogens is 2. The zero-order valence-electron chi connectivity index (χ0n) is 18.7. The number of aryl methyl sites for hydroxylation is 1. The number of aromatic nitrogens is 3. The minimum absolute atomic E-state index is 0. The van der Waals surface area contributed by atoms with Gasteiger partial charge in [0.25, 0.3) is 0 Å². The lowest BCUT2D eigenvalue weighted by Gasteiger charge is -2.29. The Labute approximate surface area is 193 Å². The maximum atomic E-state index is 13.5. The highest BCUT2D eigenvalue weighted by molar-refractivity contribution is 5.64. The van der Waals surface area contributed by atoms with Crippen molar-refractivity contribution >= 4 is 17.3 Å². The van der Waals surface area contributed by atoms with E-state index in [1.165, 1.54) is 35.3 Å². The molecule has 0 amide bonds. The first-order chi connectivity index (χ1) is 16.0. The molecule has 176 valence electrons. The van der Waals surface area contributed by atoms with Crippen molar-refractivity contribution in [2.45, 2.75) is 13.3 Å². The van der Waals surface area contributed by atoms with Crippen LogP contribution in [0.2, 0.25) is 0 Å². The largest absolute Gasteiger partial charge is 0.379 e. The van der Waals surface area contributed by atoms with Crippen LogP contribution in [-0.4, -0.2) is 65.6 Å². The van der Waals surface area contributed by atoms with Gasteiger partial charge in [0.2, 0.25) is 5.95 Å². The average molecular weight is 457 g/mol. The molecule has 1 unspecified atom stereocenters. The molecule has 5 rings (SSSR count). The highest BCUT2D eigenvalue weighted by Crippen LogP contribution is 2.29. The van der Waals surface area contributed by atoms with Crippen LogP contribution >= 0.6 is 0 Å². The number of benzene rings is 2. The van der Waals surface area contributed by atoms with Crippen LogP contribution < -0.4 is 10.2 Å². The highest BCUT2D eigenvalue weighted by atomic mass is 19.1. The van der Waals surface area contributed by atoms with Gasteiger partial charge >= 0.3 is 0 Å². The molecule has 2 aromatic carbocycles. The number of rotatable bonds is 6. The van der Waals surface area contributed by atoms with Crippen LogP contribution in [0.3, 0.4) is 0 Å². The Morgan fingerprint density at radius 2 is 1.82 bits per heavy atom. The molecule has 9 heteroatoms. The van der Waals surface area contributed by atoms with Gasteiger partial charge in [-0.3, -0.25) is 4.90 Å². The van der Waals surface area contributed by atoms with Gasteiger partial charge in [0.05, 0.1) is 18.9 Å². The average Bonchev–Trinajstić information content (AvgIpc) is 3.43. The fraction of sp³-hybridized carbons (Fsp3) is 0.417. The van der Waals surface area contributed by atoms with Gasteiger partial charge in [-0.25, -0.2) is 13.5 Å². The number of anilines is 3. The highest BCUT2D eigenvalue weighted by Gasteiger charge is 2.25. The molecule has 3 aromatic rings. The fourth-order valence-corrected chi connectivity index (χ4v) is 4.63. The molecule has 2 aliphatic heterocycles. The minimum Gasteiger partial charge on any atom is -0.379 e. The second-order valence-corrected chi connectivity index (χ2v) is 8.84. The van der Waals surface area contributed by atoms with Crippen molar-refractivity contribution in [1.29, 1.82) is 0 Å². The zero-order valence-corrected chi connectivity index (χ0v) is 18.7. The zero-order chi connectivity index (χ0) is 22.8. The van der Waals surface area contributed by atoms with Crippen molar-refractivity contribution in [1.82, 2.24) is 19.7 Å². The Hall–Kier alpha value is -3.04. The van der Waals surface area contributed by atoms with Crippen LogP contribution in [0, 0.1) is 24.5 Å². The summed E-state index contributed by atoms with van der Waals surface area (Å²) in [5.74, 6) is -0.293. The van der Waals surface area contributed by atoms with Gasteiger partial charge in [0.15, 0.2) is 0 Å². The lowest BCUT2D eigenvalue weighted by atomic mass is 10.1. The molecule has 0 aliphatic carbocycles. The molecule has 1 aromatic heterocycles. The van der Waals surface area contributed by atoms with Gasteiger partial charge in [-0.15, -0.1) is 5.10 Å². The van der Waals surface area contributed by atoms with Gasteiger partial charge in [-0.2, -0.15) is 4.98 Å². The van der Waals surface area contributed by atoms with Crippen molar-refractivity contribution in [3.8, 4) is 5.69 Å². The number of morpholine rings is 1. The summed E-state index contributed by atoms with van der Waals surface area (Å²) in [6.45, 7) is 8.99. The molecule has 1 atom stereocenters. The monoisotopic (exact) mass is 456 g/mol. The molecule has 1 N–H and O–H groups in total. The van der Waals surface area contributed by atoms with Gasteiger partial charge in [0.1, 0.15) is 18.0 Å². The Morgan fingerprint density at radius 1 is 1.03 bits per heavy atom. The van der Waals surface area contributed by atoms with E-state index >= 15 is 0 Å². The van der Waals surface area contributed by atoms with Gasteiger partial charge in [-0.05, 0) is 55.2 Å². The van der Waals surface area contributed by atoms with Crippen LogP contribution in [0.15, 0.2) is 42.7 Å². The first kappa shape index (κ1) is 21.8. The third-order valence-electron chi connectivity index (χ3n) is 6.19. The third-order valence-corrected chi connectivity index (χ3v) is 6.19. The van der Waals surface area contributed by atoms with E-state index in [4.69, 9.17) is 4.74 Å². The van der Waals surface area contributed by atoms with Gasteiger partial charge < -0.3 is 15.0 Å². The summed E-state index contributed by atoms with van der Waals surface area (Å²) in [4.78, 5) is 9.19. The maximum Gasteiger partial charge on any atom is 0.246 e. The minimum atomic E-state index is -0.657. The second kappa shape index (κ2) is 9.44. The van der Waals surface area contributed by atoms with Crippen molar-refractivity contribution in [3.63, 3.8) is 0 Å². The summed E-state index contributed by atoms with van der Waals surface area (Å²) < 4.78 is 33.9. The number of nitrogens with one attached hydrogen (secondary N) is 1. The fourth-order valence-electron chi connectivity index (χ4n) is 4.63. The van der Waals surface area contributed by atoms with E-state index < -0.39 is 11.6 Å².